The molecule has 0 unspecified atom stereocenters. The largest absolute Gasteiger partial charge is 0.493 e. The minimum absolute atomic E-state index is 0.251. The van der Waals surface area contributed by atoms with E-state index in [0.717, 1.165) is 43.1 Å². The number of rotatable bonds is 46. The molecule has 0 N–H and O–H groups in total. The molecule has 334 valence electrons. The fraction of sp³-hybridized carbons (Fsp3) is 0.868. The average Bonchev–Trinajstić information content (AvgIpc) is 3.21. The maximum atomic E-state index is 11.4. The maximum Gasteiger partial charge on any atom is 0.302 e. The quantitative estimate of drug-likeness (QED) is 0.0487. The Morgan fingerprint density at radius 1 is 0.351 bits per heavy atom. The third-order valence-electron chi connectivity index (χ3n) is 11.9. The molecule has 0 aliphatic heterocycles. The summed E-state index contributed by atoms with van der Waals surface area (Å²) in [5.74, 6) is 1.37. The summed E-state index contributed by atoms with van der Waals surface area (Å²) in [5, 5.41) is 0. The monoisotopic (exact) mass is 799 g/mol. The van der Waals surface area contributed by atoms with Gasteiger partial charge in [-0.05, 0) is 30.5 Å². The molecule has 57 heavy (non-hydrogen) atoms. The summed E-state index contributed by atoms with van der Waals surface area (Å²) in [6.07, 6.45) is 55.6. The average molecular weight is 799 g/mol. The van der Waals surface area contributed by atoms with Gasteiger partial charge in [-0.3, -0.25) is 4.79 Å². The predicted molar refractivity (Wildman–Crippen MR) is 249 cm³/mol. The summed E-state index contributed by atoms with van der Waals surface area (Å²) in [5.41, 5.74) is 0.921. The molecule has 0 aliphatic carbocycles. The first-order chi connectivity index (χ1) is 28.2. The van der Waals surface area contributed by atoms with Crippen molar-refractivity contribution >= 4 is 5.97 Å². The molecule has 0 atom stereocenters. The van der Waals surface area contributed by atoms with Gasteiger partial charge in [0.2, 0.25) is 0 Å². The second-order valence-electron chi connectivity index (χ2n) is 17.7. The van der Waals surface area contributed by atoms with E-state index in [1.165, 1.54) is 251 Å². The summed E-state index contributed by atoms with van der Waals surface area (Å²) in [4.78, 5) is 11.4. The van der Waals surface area contributed by atoms with Crippen molar-refractivity contribution in [2.24, 2.45) is 0 Å². The molecule has 0 saturated carbocycles. The van der Waals surface area contributed by atoms with E-state index >= 15 is 0 Å². The van der Waals surface area contributed by atoms with E-state index in [2.05, 4.69) is 13.8 Å². The lowest BCUT2D eigenvalue weighted by Gasteiger charge is -2.13. The highest BCUT2D eigenvalue weighted by Crippen LogP contribution is 2.25. The van der Waals surface area contributed by atoms with Gasteiger partial charge in [0.1, 0.15) is 18.1 Å². The summed E-state index contributed by atoms with van der Waals surface area (Å²) >= 11 is 0. The van der Waals surface area contributed by atoms with Crippen LogP contribution in [-0.4, -0.2) is 19.2 Å². The van der Waals surface area contributed by atoms with Crippen LogP contribution in [0.3, 0.4) is 0 Å². The maximum absolute atomic E-state index is 11.4. The number of benzene rings is 1. The third-order valence-corrected chi connectivity index (χ3v) is 11.9. The Bertz CT molecular complexity index is 896. The van der Waals surface area contributed by atoms with Gasteiger partial charge in [0.25, 0.3) is 0 Å². The topological polar surface area (TPSA) is 44.8 Å². The van der Waals surface area contributed by atoms with E-state index in [0.29, 0.717) is 0 Å². The van der Waals surface area contributed by atoms with Crippen LogP contribution in [0.1, 0.15) is 283 Å². The molecule has 1 rings (SSSR count). The minimum atomic E-state index is -0.266. The lowest BCUT2D eigenvalue weighted by atomic mass is 10.0. The van der Waals surface area contributed by atoms with Crippen LogP contribution in [-0.2, 0) is 16.1 Å². The summed E-state index contributed by atoms with van der Waals surface area (Å²) < 4.78 is 17.6. The van der Waals surface area contributed by atoms with Crippen molar-refractivity contribution in [2.45, 2.75) is 284 Å². The molecule has 0 saturated heterocycles. The van der Waals surface area contributed by atoms with Crippen molar-refractivity contribution in [3.8, 4) is 11.5 Å². The van der Waals surface area contributed by atoms with Gasteiger partial charge >= 0.3 is 5.97 Å². The van der Waals surface area contributed by atoms with E-state index < -0.39 is 0 Å². The number of carbonyl (C=O) groups excluding carboxylic acids is 1. The molecule has 4 heteroatoms. The van der Waals surface area contributed by atoms with Crippen molar-refractivity contribution in [1.82, 2.24) is 0 Å². The molecular weight excluding hydrogens is 701 g/mol. The van der Waals surface area contributed by atoms with Gasteiger partial charge in [-0.2, -0.15) is 0 Å². The first-order valence-electron chi connectivity index (χ1n) is 25.7. The molecule has 0 amide bonds. The molecule has 0 aromatic heterocycles. The Morgan fingerprint density at radius 2 is 0.579 bits per heavy atom. The van der Waals surface area contributed by atoms with Gasteiger partial charge in [-0.1, -0.05) is 258 Å². The van der Waals surface area contributed by atoms with Crippen LogP contribution in [0.25, 0.3) is 0 Å². The SMILES string of the molecule is CCCCCCCCCCCCCCCCCCCCCCOc1cc(COC(C)=O)cc(OCCCCCCCCCCCCCCCCCCCCCC)c1. The van der Waals surface area contributed by atoms with Crippen molar-refractivity contribution in [3.05, 3.63) is 23.8 Å². The van der Waals surface area contributed by atoms with Crippen LogP contribution >= 0.6 is 0 Å². The van der Waals surface area contributed by atoms with Crippen LogP contribution in [0.4, 0.5) is 0 Å². The molecule has 4 nitrogen and oxygen atoms in total. The highest BCUT2D eigenvalue weighted by atomic mass is 16.5. The van der Waals surface area contributed by atoms with Crippen molar-refractivity contribution < 1.29 is 19.0 Å². The van der Waals surface area contributed by atoms with E-state index in [1.54, 1.807) is 0 Å². The number of hydrogen-bond donors (Lipinski definition) is 0. The zero-order valence-corrected chi connectivity index (χ0v) is 38.8. The number of ether oxygens (including phenoxy) is 3. The van der Waals surface area contributed by atoms with Crippen LogP contribution in [0.2, 0.25) is 0 Å². The Hall–Kier alpha value is -1.71. The third kappa shape index (κ3) is 39.5. The first kappa shape index (κ1) is 53.3. The molecule has 1 aromatic rings. The van der Waals surface area contributed by atoms with E-state index in [1.807, 2.05) is 18.2 Å². The zero-order valence-electron chi connectivity index (χ0n) is 38.8. The first-order valence-corrected chi connectivity index (χ1v) is 25.7. The van der Waals surface area contributed by atoms with Crippen LogP contribution in [0, 0.1) is 0 Å². The summed E-state index contributed by atoms with van der Waals surface area (Å²) in [6.45, 7) is 7.74. The molecule has 0 spiro atoms. The predicted octanol–water partition coefficient (Wildman–Crippen LogP) is 18.2. The van der Waals surface area contributed by atoms with Gasteiger partial charge in [0.15, 0.2) is 0 Å². The second kappa shape index (κ2) is 43.9. The molecule has 0 fully saturated rings. The van der Waals surface area contributed by atoms with Crippen molar-refractivity contribution in [2.75, 3.05) is 13.2 Å². The smallest absolute Gasteiger partial charge is 0.302 e. The van der Waals surface area contributed by atoms with E-state index in [4.69, 9.17) is 14.2 Å². The highest BCUT2D eigenvalue weighted by molar-refractivity contribution is 5.66. The number of esters is 1. The lowest BCUT2D eigenvalue weighted by molar-refractivity contribution is -0.142. The Kier molecular flexibility index (Phi) is 41.0. The lowest BCUT2D eigenvalue weighted by Crippen LogP contribution is -2.03. The summed E-state index contributed by atoms with van der Waals surface area (Å²) in [6, 6.07) is 5.98. The van der Waals surface area contributed by atoms with Crippen LogP contribution in [0.15, 0.2) is 18.2 Å². The molecule has 0 bridgehead atoms. The van der Waals surface area contributed by atoms with Gasteiger partial charge < -0.3 is 14.2 Å². The Balaban J connectivity index is 2.01. The van der Waals surface area contributed by atoms with E-state index in [9.17, 15) is 4.79 Å². The number of hydrogen-bond acceptors (Lipinski definition) is 4. The van der Waals surface area contributed by atoms with Crippen LogP contribution < -0.4 is 9.47 Å². The summed E-state index contributed by atoms with van der Waals surface area (Å²) in [7, 11) is 0. The van der Waals surface area contributed by atoms with Crippen molar-refractivity contribution in [3.63, 3.8) is 0 Å². The standard InChI is InChI=1S/C53H98O4/c1-4-6-8-10-12-14-16-18-20-22-24-26-28-30-32-34-36-38-40-42-44-55-52-46-51(49-57-50(3)54)47-53(48-52)56-45-43-41-39-37-35-33-31-29-27-25-23-21-19-17-15-13-11-9-7-5-2/h46-48H,4-45,49H2,1-3H3. The molecular formula is C53H98O4. The second-order valence-corrected chi connectivity index (χ2v) is 17.7. The minimum Gasteiger partial charge on any atom is -0.493 e. The van der Waals surface area contributed by atoms with Gasteiger partial charge in [-0.15, -0.1) is 0 Å². The normalized spacial score (nSPS) is 11.4. The van der Waals surface area contributed by atoms with E-state index in [-0.39, 0.29) is 12.6 Å². The molecule has 0 heterocycles. The zero-order chi connectivity index (χ0) is 41.0. The fourth-order valence-corrected chi connectivity index (χ4v) is 8.16. The fourth-order valence-electron chi connectivity index (χ4n) is 8.16. The number of unbranched alkanes of at least 4 members (excludes halogenated alkanes) is 38. The Morgan fingerprint density at radius 3 is 0.807 bits per heavy atom. The number of carbonyl (C=O) groups is 1. The molecule has 0 aliphatic rings. The highest BCUT2D eigenvalue weighted by Gasteiger charge is 2.06. The van der Waals surface area contributed by atoms with Crippen LogP contribution in [0.5, 0.6) is 11.5 Å². The van der Waals surface area contributed by atoms with Gasteiger partial charge in [0.05, 0.1) is 13.2 Å². The van der Waals surface area contributed by atoms with Crippen molar-refractivity contribution in [1.29, 1.82) is 0 Å². The Labute approximate surface area is 356 Å². The molecule has 0 radical (unpaired) electrons. The molecule has 1 aromatic carbocycles. The van der Waals surface area contributed by atoms with Gasteiger partial charge in [0, 0.05) is 13.0 Å². The van der Waals surface area contributed by atoms with Gasteiger partial charge in [-0.25, -0.2) is 0 Å².